The van der Waals surface area contributed by atoms with Crippen LogP contribution in [-0.4, -0.2) is 55.6 Å². The number of carboxylic acid groups (broad SMARTS) is 1. The van der Waals surface area contributed by atoms with Gasteiger partial charge in [-0.1, -0.05) is 13.3 Å². The van der Waals surface area contributed by atoms with Gasteiger partial charge in [0.15, 0.2) is 0 Å². The SMILES string of the molecule is CCCC(CNS(=O)(=O)N1CC(C)OC(C)C1)C(=O)O. The molecule has 0 amide bonds. The van der Waals surface area contributed by atoms with Crippen molar-refractivity contribution in [1.82, 2.24) is 9.03 Å². The zero-order valence-corrected chi connectivity index (χ0v) is 13.0. The van der Waals surface area contributed by atoms with Crippen LogP contribution in [0.2, 0.25) is 0 Å². The number of hydrogen-bond donors (Lipinski definition) is 2. The first-order valence-corrected chi connectivity index (χ1v) is 8.33. The minimum absolute atomic E-state index is 0.0778. The van der Waals surface area contributed by atoms with E-state index in [2.05, 4.69) is 4.72 Å². The number of carbonyl (C=O) groups is 1. The van der Waals surface area contributed by atoms with Crippen molar-refractivity contribution in [3.63, 3.8) is 0 Å². The topological polar surface area (TPSA) is 95.9 Å². The first kappa shape index (κ1) is 17.4. The first-order chi connectivity index (χ1) is 9.26. The third kappa shape index (κ3) is 5.01. The van der Waals surface area contributed by atoms with Crippen LogP contribution < -0.4 is 4.72 Å². The molecule has 3 atom stereocenters. The molecule has 0 spiro atoms. The Labute approximate surface area is 120 Å². The van der Waals surface area contributed by atoms with Gasteiger partial charge in [0, 0.05) is 19.6 Å². The summed E-state index contributed by atoms with van der Waals surface area (Å²) in [7, 11) is -3.66. The molecule has 2 N–H and O–H groups in total. The Kier molecular flexibility index (Phi) is 6.38. The molecule has 1 saturated heterocycles. The second kappa shape index (κ2) is 7.35. The smallest absolute Gasteiger partial charge is 0.307 e. The molecule has 3 unspecified atom stereocenters. The number of morpholine rings is 1. The Morgan fingerprint density at radius 2 is 1.95 bits per heavy atom. The molecule has 20 heavy (non-hydrogen) atoms. The van der Waals surface area contributed by atoms with E-state index in [1.54, 1.807) is 0 Å². The number of nitrogens with zero attached hydrogens (tertiary/aromatic N) is 1. The van der Waals surface area contributed by atoms with E-state index in [0.29, 0.717) is 12.8 Å². The zero-order valence-electron chi connectivity index (χ0n) is 12.2. The average molecular weight is 308 g/mol. The number of ether oxygens (including phenoxy) is 1. The maximum atomic E-state index is 12.2. The van der Waals surface area contributed by atoms with Gasteiger partial charge in [0.05, 0.1) is 18.1 Å². The first-order valence-electron chi connectivity index (χ1n) is 6.89. The number of nitrogens with one attached hydrogen (secondary N) is 1. The van der Waals surface area contributed by atoms with Crippen LogP contribution in [0.3, 0.4) is 0 Å². The summed E-state index contributed by atoms with van der Waals surface area (Å²) < 4.78 is 33.5. The average Bonchev–Trinajstić information content (AvgIpc) is 2.32. The summed E-state index contributed by atoms with van der Waals surface area (Å²) in [5.74, 6) is -1.66. The molecular weight excluding hydrogens is 284 g/mol. The van der Waals surface area contributed by atoms with Crippen molar-refractivity contribution in [2.75, 3.05) is 19.6 Å². The zero-order chi connectivity index (χ0) is 15.3. The molecular formula is C12H24N2O5S. The Balaban J connectivity index is 2.62. The molecule has 8 heteroatoms. The Bertz CT molecular complexity index is 416. The second-order valence-corrected chi connectivity index (χ2v) is 7.01. The van der Waals surface area contributed by atoms with Crippen molar-refractivity contribution in [3.8, 4) is 0 Å². The molecule has 0 bridgehead atoms. The number of hydrogen-bond acceptors (Lipinski definition) is 4. The second-order valence-electron chi connectivity index (χ2n) is 5.25. The predicted molar refractivity (Wildman–Crippen MR) is 74.5 cm³/mol. The lowest BCUT2D eigenvalue weighted by atomic mass is 10.1. The van der Waals surface area contributed by atoms with E-state index in [1.807, 2.05) is 20.8 Å². The lowest BCUT2D eigenvalue weighted by Crippen LogP contribution is -2.52. The van der Waals surface area contributed by atoms with E-state index in [0.717, 1.165) is 0 Å². The van der Waals surface area contributed by atoms with Gasteiger partial charge in [-0.25, -0.2) is 4.72 Å². The highest BCUT2D eigenvalue weighted by molar-refractivity contribution is 7.87. The molecule has 1 aliphatic heterocycles. The van der Waals surface area contributed by atoms with Crippen LogP contribution in [0.25, 0.3) is 0 Å². The van der Waals surface area contributed by atoms with Gasteiger partial charge < -0.3 is 9.84 Å². The Morgan fingerprint density at radius 3 is 2.40 bits per heavy atom. The number of carboxylic acids is 1. The van der Waals surface area contributed by atoms with Gasteiger partial charge in [-0.05, 0) is 20.3 Å². The minimum atomic E-state index is -3.66. The van der Waals surface area contributed by atoms with Gasteiger partial charge in [-0.15, -0.1) is 0 Å². The van der Waals surface area contributed by atoms with Crippen LogP contribution in [0.1, 0.15) is 33.6 Å². The molecule has 0 aromatic carbocycles. The van der Waals surface area contributed by atoms with E-state index in [1.165, 1.54) is 4.31 Å². The summed E-state index contributed by atoms with van der Waals surface area (Å²) in [5, 5.41) is 9.03. The molecule has 0 aliphatic carbocycles. The van der Waals surface area contributed by atoms with Crippen LogP contribution in [0.5, 0.6) is 0 Å². The third-order valence-electron chi connectivity index (χ3n) is 3.22. The molecule has 0 aromatic heterocycles. The Hall–Kier alpha value is -0.700. The normalized spacial score (nSPS) is 26.4. The van der Waals surface area contributed by atoms with Crippen molar-refractivity contribution in [3.05, 3.63) is 0 Å². The van der Waals surface area contributed by atoms with E-state index < -0.39 is 22.1 Å². The fourth-order valence-electron chi connectivity index (χ4n) is 2.29. The largest absolute Gasteiger partial charge is 0.481 e. The van der Waals surface area contributed by atoms with Crippen molar-refractivity contribution < 1.29 is 23.1 Å². The molecule has 1 rings (SSSR count). The fourth-order valence-corrected chi connectivity index (χ4v) is 3.69. The molecule has 0 saturated carbocycles. The highest BCUT2D eigenvalue weighted by Gasteiger charge is 2.31. The van der Waals surface area contributed by atoms with Crippen molar-refractivity contribution >= 4 is 16.2 Å². The third-order valence-corrected chi connectivity index (χ3v) is 4.73. The van der Waals surface area contributed by atoms with Crippen LogP contribution in [-0.2, 0) is 19.7 Å². The summed E-state index contributed by atoms with van der Waals surface area (Å²) in [6.45, 7) is 5.99. The Morgan fingerprint density at radius 1 is 1.40 bits per heavy atom. The van der Waals surface area contributed by atoms with Crippen molar-refractivity contribution in [2.45, 2.75) is 45.8 Å². The van der Waals surface area contributed by atoms with Crippen LogP contribution in [0.15, 0.2) is 0 Å². The molecule has 0 aromatic rings. The molecule has 7 nitrogen and oxygen atoms in total. The highest BCUT2D eigenvalue weighted by Crippen LogP contribution is 2.14. The standard InChI is InChI=1S/C12H24N2O5S/c1-4-5-11(12(15)16)6-13-20(17,18)14-7-9(2)19-10(3)8-14/h9-11,13H,4-8H2,1-3H3,(H,15,16). The van der Waals surface area contributed by atoms with E-state index in [4.69, 9.17) is 9.84 Å². The molecule has 118 valence electrons. The van der Waals surface area contributed by atoms with Gasteiger partial charge in [0.25, 0.3) is 10.2 Å². The molecule has 0 radical (unpaired) electrons. The summed E-state index contributed by atoms with van der Waals surface area (Å²) in [4.78, 5) is 11.0. The van der Waals surface area contributed by atoms with Gasteiger partial charge in [0.2, 0.25) is 0 Å². The van der Waals surface area contributed by atoms with Crippen LogP contribution in [0.4, 0.5) is 0 Å². The van der Waals surface area contributed by atoms with E-state index >= 15 is 0 Å². The maximum Gasteiger partial charge on any atom is 0.307 e. The number of rotatable bonds is 7. The van der Waals surface area contributed by atoms with E-state index in [-0.39, 0.29) is 31.8 Å². The summed E-state index contributed by atoms with van der Waals surface area (Å²) in [6, 6.07) is 0. The summed E-state index contributed by atoms with van der Waals surface area (Å²) in [5.41, 5.74) is 0. The lowest BCUT2D eigenvalue weighted by Gasteiger charge is -2.34. The van der Waals surface area contributed by atoms with Crippen LogP contribution >= 0.6 is 0 Å². The van der Waals surface area contributed by atoms with Crippen molar-refractivity contribution in [1.29, 1.82) is 0 Å². The maximum absolute atomic E-state index is 12.2. The lowest BCUT2D eigenvalue weighted by molar-refractivity contribution is -0.141. The highest BCUT2D eigenvalue weighted by atomic mass is 32.2. The summed E-state index contributed by atoms with van der Waals surface area (Å²) >= 11 is 0. The molecule has 1 fully saturated rings. The monoisotopic (exact) mass is 308 g/mol. The molecule has 1 aliphatic rings. The minimum Gasteiger partial charge on any atom is -0.481 e. The fraction of sp³-hybridized carbons (Fsp3) is 0.917. The quantitative estimate of drug-likeness (QED) is 0.711. The predicted octanol–water partition coefficient (Wildman–Crippen LogP) is 0.431. The number of aliphatic carboxylic acids is 1. The molecule has 1 heterocycles. The van der Waals surface area contributed by atoms with E-state index in [9.17, 15) is 13.2 Å². The van der Waals surface area contributed by atoms with Gasteiger partial charge in [-0.3, -0.25) is 4.79 Å². The van der Waals surface area contributed by atoms with Crippen LogP contribution in [0, 0.1) is 5.92 Å². The van der Waals surface area contributed by atoms with Crippen molar-refractivity contribution in [2.24, 2.45) is 5.92 Å². The summed E-state index contributed by atoms with van der Waals surface area (Å²) in [6.07, 6.45) is 0.820. The van der Waals surface area contributed by atoms with Gasteiger partial charge in [-0.2, -0.15) is 12.7 Å². The van der Waals surface area contributed by atoms with Gasteiger partial charge in [0.1, 0.15) is 0 Å². The van der Waals surface area contributed by atoms with Gasteiger partial charge >= 0.3 is 5.97 Å².